The fourth-order valence-corrected chi connectivity index (χ4v) is 4.72. The minimum Gasteiger partial charge on any atom is -0.484 e. The highest BCUT2D eigenvalue weighted by Gasteiger charge is 2.36. The summed E-state index contributed by atoms with van der Waals surface area (Å²) in [7, 11) is 0. The lowest BCUT2D eigenvalue weighted by atomic mass is 9.84. The van der Waals surface area contributed by atoms with Crippen LogP contribution in [0.5, 0.6) is 5.75 Å². The molecule has 5 rings (SSSR count). The normalized spacial score (nSPS) is 24.8. The Morgan fingerprint density at radius 1 is 1.03 bits per heavy atom. The van der Waals surface area contributed by atoms with Crippen LogP contribution in [0.15, 0.2) is 61.2 Å². The summed E-state index contributed by atoms with van der Waals surface area (Å²) in [6, 6.07) is 17.4. The fourth-order valence-electron chi connectivity index (χ4n) is 4.72. The Bertz CT molecular complexity index is 940. The number of hydrogen-bond donors (Lipinski definition) is 1. The summed E-state index contributed by atoms with van der Waals surface area (Å²) in [6.45, 7) is 2.06. The van der Waals surface area contributed by atoms with Gasteiger partial charge in [0, 0.05) is 12.6 Å². The first-order chi connectivity index (χ1) is 14.3. The molecule has 6 nitrogen and oxygen atoms in total. The fraction of sp³-hybridized carbons (Fsp3) is 0.391. The van der Waals surface area contributed by atoms with Crippen molar-refractivity contribution in [3.05, 3.63) is 72.3 Å². The van der Waals surface area contributed by atoms with Gasteiger partial charge in [-0.3, -0.25) is 4.90 Å². The molecule has 2 heterocycles. The Morgan fingerprint density at radius 3 is 2.69 bits per heavy atom. The molecule has 1 saturated heterocycles. The van der Waals surface area contributed by atoms with Crippen LogP contribution in [0, 0.1) is 0 Å². The third-order valence-corrected chi connectivity index (χ3v) is 6.16. The molecule has 1 fully saturated rings. The lowest BCUT2D eigenvalue weighted by Gasteiger charge is -2.43. The van der Waals surface area contributed by atoms with E-state index in [1.54, 1.807) is 11.0 Å². The van der Waals surface area contributed by atoms with Crippen molar-refractivity contribution < 1.29 is 4.74 Å². The summed E-state index contributed by atoms with van der Waals surface area (Å²) in [4.78, 5) is 6.57. The quantitative estimate of drug-likeness (QED) is 0.742. The van der Waals surface area contributed by atoms with Gasteiger partial charge in [0.15, 0.2) is 0 Å². The molecule has 0 unspecified atom stereocenters. The molecule has 1 aliphatic carbocycles. The Morgan fingerprint density at radius 2 is 1.90 bits per heavy atom. The number of nitrogens with zero attached hydrogens (tertiary/aromatic N) is 4. The molecule has 1 aromatic heterocycles. The van der Waals surface area contributed by atoms with Crippen molar-refractivity contribution >= 4 is 0 Å². The van der Waals surface area contributed by atoms with E-state index in [1.807, 2.05) is 24.3 Å². The number of ether oxygens (including phenoxy) is 1. The van der Waals surface area contributed by atoms with Crippen LogP contribution in [0.25, 0.3) is 5.69 Å². The zero-order valence-corrected chi connectivity index (χ0v) is 16.5. The maximum Gasteiger partial charge on any atom is 0.139 e. The Hall–Kier alpha value is -2.70. The molecule has 2 aromatic carbocycles. The highest BCUT2D eigenvalue weighted by atomic mass is 16.5. The average Bonchev–Trinajstić information content (AvgIpc) is 3.29. The maximum absolute atomic E-state index is 6.63. The predicted molar refractivity (Wildman–Crippen MR) is 112 cm³/mol. The van der Waals surface area contributed by atoms with E-state index in [2.05, 4.69) is 39.2 Å². The molecule has 0 amide bonds. The monoisotopic (exact) mass is 389 g/mol. The van der Waals surface area contributed by atoms with Gasteiger partial charge >= 0.3 is 0 Å². The van der Waals surface area contributed by atoms with E-state index < -0.39 is 0 Å². The number of likely N-dealkylation sites (tertiary alicyclic amines) is 1. The van der Waals surface area contributed by atoms with Crippen molar-refractivity contribution in [2.24, 2.45) is 5.73 Å². The van der Waals surface area contributed by atoms with Crippen molar-refractivity contribution in [1.82, 2.24) is 19.7 Å². The molecular formula is C23H27N5O. The predicted octanol–water partition coefficient (Wildman–Crippen LogP) is 3.13. The van der Waals surface area contributed by atoms with E-state index in [0.29, 0.717) is 6.04 Å². The van der Waals surface area contributed by atoms with E-state index in [0.717, 1.165) is 43.8 Å². The zero-order chi connectivity index (χ0) is 19.6. The van der Waals surface area contributed by atoms with Crippen LogP contribution < -0.4 is 10.5 Å². The van der Waals surface area contributed by atoms with Gasteiger partial charge in [-0.2, -0.15) is 5.10 Å². The summed E-state index contributed by atoms with van der Waals surface area (Å²) in [6.07, 6.45) is 7.74. The van der Waals surface area contributed by atoms with Gasteiger partial charge in [-0.25, -0.2) is 9.67 Å². The van der Waals surface area contributed by atoms with Crippen LogP contribution in [0.2, 0.25) is 0 Å². The largest absolute Gasteiger partial charge is 0.484 e. The summed E-state index contributed by atoms with van der Waals surface area (Å²) in [5.41, 5.74) is 9.97. The van der Waals surface area contributed by atoms with Gasteiger partial charge in [-0.1, -0.05) is 24.3 Å². The Labute approximate surface area is 171 Å². The van der Waals surface area contributed by atoms with Gasteiger partial charge in [-0.05, 0) is 67.6 Å². The highest BCUT2D eigenvalue weighted by Crippen LogP contribution is 2.37. The molecule has 0 saturated carbocycles. The minimum absolute atomic E-state index is 0.0162. The summed E-state index contributed by atoms with van der Waals surface area (Å²) < 4.78 is 8.38. The van der Waals surface area contributed by atoms with Crippen LogP contribution in [0.1, 0.15) is 36.5 Å². The first-order valence-electron chi connectivity index (χ1n) is 10.5. The lowest BCUT2D eigenvalue weighted by molar-refractivity contribution is 0.0367. The number of piperidine rings is 1. The number of fused-ring (bicyclic) bond motifs is 1. The zero-order valence-electron chi connectivity index (χ0n) is 16.5. The number of aromatic nitrogens is 3. The Balaban J connectivity index is 1.42. The van der Waals surface area contributed by atoms with Gasteiger partial charge in [0.1, 0.15) is 24.5 Å². The number of rotatable bonds is 4. The average molecular weight is 390 g/mol. The molecule has 3 atom stereocenters. The summed E-state index contributed by atoms with van der Waals surface area (Å²) >= 11 is 0. The van der Waals surface area contributed by atoms with Crippen LogP contribution in [0.3, 0.4) is 0 Å². The van der Waals surface area contributed by atoms with E-state index in [-0.39, 0.29) is 12.1 Å². The third kappa shape index (κ3) is 3.78. The third-order valence-electron chi connectivity index (χ3n) is 6.16. The second kappa shape index (κ2) is 7.97. The highest BCUT2D eigenvalue weighted by molar-refractivity contribution is 5.38. The number of aryl methyl sites for hydroxylation is 1. The molecule has 1 aliphatic heterocycles. The van der Waals surface area contributed by atoms with Gasteiger partial charge in [0.05, 0.1) is 11.7 Å². The molecule has 0 spiro atoms. The molecule has 2 N–H and O–H groups in total. The van der Waals surface area contributed by atoms with Crippen LogP contribution in [0.4, 0.5) is 0 Å². The van der Waals surface area contributed by atoms with E-state index in [1.165, 1.54) is 23.9 Å². The SMILES string of the molecule is N[C@H]1CCCN([C@H]2CCc3ccccc3[C@@H]2Oc2ccc(-n3cncn3)cc2)C1. The van der Waals surface area contributed by atoms with Crippen LogP contribution >= 0.6 is 0 Å². The van der Waals surface area contributed by atoms with Gasteiger partial charge in [-0.15, -0.1) is 0 Å². The minimum atomic E-state index is 0.0162. The van der Waals surface area contributed by atoms with Gasteiger partial charge in [0.2, 0.25) is 0 Å². The first-order valence-corrected chi connectivity index (χ1v) is 10.5. The van der Waals surface area contributed by atoms with Crippen molar-refractivity contribution in [2.45, 2.75) is 43.9 Å². The van der Waals surface area contributed by atoms with Crippen LogP contribution in [-0.4, -0.2) is 44.8 Å². The van der Waals surface area contributed by atoms with E-state index >= 15 is 0 Å². The van der Waals surface area contributed by atoms with Crippen molar-refractivity contribution in [2.75, 3.05) is 13.1 Å². The van der Waals surface area contributed by atoms with Crippen LogP contribution in [-0.2, 0) is 6.42 Å². The maximum atomic E-state index is 6.63. The number of benzene rings is 2. The molecule has 2 aliphatic rings. The smallest absolute Gasteiger partial charge is 0.139 e. The first kappa shape index (κ1) is 18.3. The standard InChI is InChI=1S/C23H27N5O/c24-18-5-3-13-27(14-18)22-12-7-17-4-1-2-6-21(17)23(22)29-20-10-8-19(9-11-20)28-16-25-15-26-28/h1-2,4,6,8-11,15-16,18,22-23H,3,5,7,12-14,24H2/t18-,22-,23-/m0/s1. The molecule has 29 heavy (non-hydrogen) atoms. The van der Waals surface area contributed by atoms with Crippen molar-refractivity contribution in [3.63, 3.8) is 0 Å². The molecule has 150 valence electrons. The van der Waals surface area contributed by atoms with E-state index in [4.69, 9.17) is 10.5 Å². The topological polar surface area (TPSA) is 69.2 Å². The summed E-state index contributed by atoms with van der Waals surface area (Å²) in [5, 5.41) is 4.19. The molecular weight excluding hydrogens is 362 g/mol. The van der Waals surface area contributed by atoms with E-state index in [9.17, 15) is 0 Å². The van der Waals surface area contributed by atoms with Gasteiger partial charge in [0.25, 0.3) is 0 Å². The molecule has 0 radical (unpaired) electrons. The van der Waals surface area contributed by atoms with Crippen molar-refractivity contribution in [1.29, 1.82) is 0 Å². The molecule has 0 bridgehead atoms. The molecule has 3 aromatic rings. The van der Waals surface area contributed by atoms with Gasteiger partial charge < -0.3 is 10.5 Å². The number of nitrogens with two attached hydrogens (primary N) is 1. The van der Waals surface area contributed by atoms with Crippen molar-refractivity contribution in [3.8, 4) is 11.4 Å². The number of hydrogen-bond acceptors (Lipinski definition) is 5. The Kier molecular flexibility index (Phi) is 5.04. The lowest BCUT2D eigenvalue weighted by Crippen LogP contribution is -2.51. The second-order valence-corrected chi connectivity index (χ2v) is 8.07. The molecule has 6 heteroatoms. The summed E-state index contributed by atoms with van der Waals surface area (Å²) in [5.74, 6) is 0.877. The second-order valence-electron chi connectivity index (χ2n) is 8.07.